The number of nitrogens with zero attached hydrogens (tertiary/aromatic N) is 1. The number of aromatic nitrogens is 2. The molecule has 2 heteroatoms. The molecule has 0 aliphatic carbocycles. The molecule has 0 aliphatic heterocycles. The van der Waals surface area contributed by atoms with E-state index in [1.54, 1.807) is 0 Å². The average molecular weight is 236 g/mol. The summed E-state index contributed by atoms with van der Waals surface area (Å²) in [6.45, 7) is 8.96. The Morgan fingerprint density at radius 2 is 1.88 bits per heavy atom. The van der Waals surface area contributed by atoms with Gasteiger partial charge >= 0.3 is 0 Å². The summed E-state index contributed by atoms with van der Waals surface area (Å²) in [5.41, 5.74) is 1.62. The van der Waals surface area contributed by atoms with Crippen LogP contribution in [0.3, 0.4) is 0 Å². The first kappa shape index (κ1) is 14.3. The molecule has 0 aliphatic rings. The number of nitrogens with one attached hydrogen (secondary N) is 1. The van der Waals surface area contributed by atoms with Crippen LogP contribution in [0.5, 0.6) is 0 Å². The van der Waals surface area contributed by atoms with E-state index in [0.29, 0.717) is 5.41 Å². The zero-order valence-corrected chi connectivity index (χ0v) is 12.0. The van der Waals surface area contributed by atoms with E-state index >= 15 is 0 Å². The van der Waals surface area contributed by atoms with Crippen LogP contribution in [-0.2, 0) is 5.41 Å². The van der Waals surface area contributed by atoms with Crippen LogP contribution in [0.4, 0.5) is 0 Å². The topological polar surface area (TPSA) is 28.7 Å². The summed E-state index contributed by atoms with van der Waals surface area (Å²) in [5.74, 6) is 1.04. The Labute approximate surface area is 106 Å². The minimum absolute atomic E-state index is 0.295. The number of hydrogen-bond donors (Lipinski definition) is 1. The summed E-state index contributed by atoms with van der Waals surface area (Å²) >= 11 is 0. The van der Waals surface area contributed by atoms with Crippen LogP contribution in [0.25, 0.3) is 0 Å². The van der Waals surface area contributed by atoms with Crippen molar-refractivity contribution < 1.29 is 0 Å². The summed E-state index contributed by atoms with van der Waals surface area (Å²) in [4.78, 5) is 7.79. The van der Waals surface area contributed by atoms with Crippen molar-refractivity contribution in [3.8, 4) is 0 Å². The second-order valence-corrected chi connectivity index (χ2v) is 5.50. The summed E-state index contributed by atoms with van der Waals surface area (Å²) in [5, 5.41) is 0. The molecule has 98 valence electrons. The first-order valence-corrected chi connectivity index (χ1v) is 7.14. The Hall–Kier alpha value is -0.790. The van der Waals surface area contributed by atoms with Crippen molar-refractivity contribution in [3.63, 3.8) is 0 Å². The normalized spacial score (nSPS) is 14.8. The molecular weight excluding hydrogens is 208 g/mol. The molecule has 0 fully saturated rings. The molecular formula is C15H28N2. The lowest BCUT2D eigenvalue weighted by Crippen LogP contribution is -2.22. The van der Waals surface area contributed by atoms with E-state index in [-0.39, 0.29) is 0 Å². The summed E-state index contributed by atoms with van der Waals surface area (Å²) in [7, 11) is 0. The number of rotatable bonds is 8. The molecule has 2 nitrogen and oxygen atoms in total. The van der Waals surface area contributed by atoms with Gasteiger partial charge in [-0.2, -0.15) is 0 Å². The number of imidazole rings is 1. The number of aromatic amines is 1. The fraction of sp³-hybridized carbons (Fsp3) is 0.800. The molecule has 0 aromatic carbocycles. The number of unbranched alkanes of at least 4 members (excludes halogenated alkanes) is 3. The van der Waals surface area contributed by atoms with Crippen LogP contribution in [0.1, 0.15) is 77.2 Å². The summed E-state index contributed by atoms with van der Waals surface area (Å²) in [6.07, 6.45) is 11.2. The molecule has 0 saturated heterocycles. The van der Waals surface area contributed by atoms with Crippen molar-refractivity contribution >= 4 is 0 Å². The molecule has 17 heavy (non-hydrogen) atoms. The molecule has 1 aromatic heterocycles. The van der Waals surface area contributed by atoms with Crippen molar-refractivity contribution in [2.24, 2.45) is 0 Å². The first-order valence-electron chi connectivity index (χ1n) is 7.14. The smallest absolute Gasteiger partial charge is 0.103 e. The SMILES string of the molecule is CCCCCCC(C)(CCC)c1cnc(C)[nH]1. The number of hydrogen-bond acceptors (Lipinski definition) is 1. The van der Waals surface area contributed by atoms with Gasteiger partial charge in [-0.15, -0.1) is 0 Å². The molecule has 0 amide bonds. The minimum atomic E-state index is 0.295. The quantitative estimate of drug-likeness (QED) is 0.648. The van der Waals surface area contributed by atoms with Gasteiger partial charge in [-0.25, -0.2) is 4.98 Å². The van der Waals surface area contributed by atoms with Crippen LogP contribution in [0, 0.1) is 6.92 Å². The second kappa shape index (κ2) is 6.83. The number of aryl methyl sites for hydroxylation is 1. The van der Waals surface area contributed by atoms with Gasteiger partial charge in [0.05, 0.1) is 0 Å². The van der Waals surface area contributed by atoms with Crippen LogP contribution in [-0.4, -0.2) is 9.97 Å². The van der Waals surface area contributed by atoms with E-state index in [2.05, 4.69) is 30.7 Å². The highest BCUT2D eigenvalue weighted by molar-refractivity contribution is 5.13. The standard InChI is InChI=1S/C15H28N2/c1-5-7-8-9-11-15(4,10-6-2)14-12-16-13(3)17-14/h12H,5-11H2,1-4H3,(H,16,17). The van der Waals surface area contributed by atoms with Gasteiger partial charge < -0.3 is 4.98 Å². The van der Waals surface area contributed by atoms with E-state index in [0.717, 1.165) is 5.82 Å². The third-order valence-electron chi connectivity index (χ3n) is 3.74. The highest BCUT2D eigenvalue weighted by Gasteiger charge is 2.26. The Bertz CT molecular complexity index is 316. The minimum Gasteiger partial charge on any atom is -0.346 e. The van der Waals surface area contributed by atoms with E-state index in [9.17, 15) is 0 Å². The Balaban J connectivity index is 2.61. The molecule has 1 heterocycles. The lowest BCUT2D eigenvalue weighted by Gasteiger charge is -2.28. The Morgan fingerprint density at radius 1 is 1.12 bits per heavy atom. The first-order chi connectivity index (χ1) is 8.12. The molecule has 0 bridgehead atoms. The second-order valence-electron chi connectivity index (χ2n) is 5.50. The zero-order valence-electron chi connectivity index (χ0n) is 12.0. The fourth-order valence-electron chi connectivity index (χ4n) is 2.62. The van der Waals surface area contributed by atoms with Gasteiger partial charge in [0.2, 0.25) is 0 Å². The molecule has 1 rings (SSSR count). The molecule has 0 saturated carbocycles. The lowest BCUT2D eigenvalue weighted by molar-refractivity contribution is 0.368. The van der Waals surface area contributed by atoms with Crippen LogP contribution in [0.15, 0.2) is 6.20 Å². The molecule has 1 N–H and O–H groups in total. The molecule has 0 spiro atoms. The van der Waals surface area contributed by atoms with E-state index < -0.39 is 0 Å². The van der Waals surface area contributed by atoms with Gasteiger partial charge in [0.15, 0.2) is 0 Å². The van der Waals surface area contributed by atoms with Crippen molar-refractivity contribution in [1.82, 2.24) is 9.97 Å². The van der Waals surface area contributed by atoms with Crippen molar-refractivity contribution in [1.29, 1.82) is 0 Å². The Kier molecular flexibility index (Phi) is 5.73. The van der Waals surface area contributed by atoms with E-state index in [1.165, 1.54) is 50.6 Å². The van der Waals surface area contributed by atoms with E-state index in [1.807, 2.05) is 13.1 Å². The molecule has 0 radical (unpaired) electrons. The predicted molar refractivity (Wildman–Crippen MR) is 74.3 cm³/mol. The molecule has 1 unspecified atom stereocenters. The van der Waals surface area contributed by atoms with Gasteiger partial charge in [0.1, 0.15) is 5.82 Å². The average Bonchev–Trinajstić information content (AvgIpc) is 2.72. The summed E-state index contributed by atoms with van der Waals surface area (Å²) in [6, 6.07) is 0. The maximum absolute atomic E-state index is 4.35. The van der Waals surface area contributed by atoms with Crippen molar-refractivity contribution in [3.05, 3.63) is 17.7 Å². The van der Waals surface area contributed by atoms with Crippen molar-refractivity contribution in [2.75, 3.05) is 0 Å². The zero-order chi connectivity index (χ0) is 12.7. The van der Waals surface area contributed by atoms with Crippen LogP contribution < -0.4 is 0 Å². The van der Waals surface area contributed by atoms with Crippen LogP contribution in [0.2, 0.25) is 0 Å². The number of H-pyrrole nitrogens is 1. The largest absolute Gasteiger partial charge is 0.346 e. The van der Waals surface area contributed by atoms with Gasteiger partial charge in [0.25, 0.3) is 0 Å². The third-order valence-corrected chi connectivity index (χ3v) is 3.74. The lowest BCUT2D eigenvalue weighted by atomic mass is 9.78. The van der Waals surface area contributed by atoms with Gasteiger partial charge in [-0.1, -0.05) is 52.9 Å². The highest BCUT2D eigenvalue weighted by Crippen LogP contribution is 2.33. The fourth-order valence-corrected chi connectivity index (χ4v) is 2.62. The maximum Gasteiger partial charge on any atom is 0.103 e. The Morgan fingerprint density at radius 3 is 2.41 bits per heavy atom. The highest BCUT2D eigenvalue weighted by atomic mass is 14.9. The van der Waals surface area contributed by atoms with E-state index in [4.69, 9.17) is 0 Å². The third kappa shape index (κ3) is 4.18. The maximum atomic E-state index is 4.35. The van der Waals surface area contributed by atoms with Crippen LogP contribution >= 0.6 is 0 Å². The predicted octanol–water partition coefficient (Wildman–Crippen LogP) is 4.75. The van der Waals surface area contributed by atoms with Gasteiger partial charge in [-0.05, 0) is 19.8 Å². The van der Waals surface area contributed by atoms with Crippen molar-refractivity contribution in [2.45, 2.75) is 78.1 Å². The monoisotopic (exact) mass is 236 g/mol. The molecule has 1 aromatic rings. The molecule has 1 atom stereocenters. The van der Waals surface area contributed by atoms with Gasteiger partial charge in [-0.3, -0.25) is 0 Å². The van der Waals surface area contributed by atoms with Gasteiger partial charge in [0, 0.05) is 17.3 Å². The summed E-state index contributed by atoms with van der Waals surface area (Å²) < 4.78 is 0.